The van der Waals surface area contributed by atoms with E-state index in [2.05, 4.69) is 5.32 Å². The van der Waals surface area contributed by atoms with Crippen LogP contribution in [0.3, 0.4) is 0 Å². The van der Waals surface area contributed by atoms with Crippen LogP contribution < -0.4 is 10.1 Å². The molecule has 0 atom stereocenters. The maximum atomic E-state index is 9.64. The van der Waals surface area contributed by atoms with Crippen LogP contribution in [0.5, 0.6) is 17.2 Å². The Morgan fingerprint density at radius 3 is 2.39 bits per heavy atom. The highest BCUT2D eigenvalue weighted by Crippen LogP contribution is 2.26. The van der Waals surface area contributed by atoms with E-state index in [0.717, 1.165) is 11.3 Å². The molecule has 0 radical (unpaired) electrons. The molecule has 4 nitrogen and oxygen atoms in total. The molecule has 0 unspecified atom stereocenters. The third kappa shape index (κ3) is 2.85. The number of hydrogen-bond acceptors (Lipinski definition) is 4. The molecule has 0 aliphatic carbocycles. The molecule has 0 aliphatic heterocycles. The van der Waals surface area contributed by atoms with Crippen LogP contribution in [0.2, 0.25) is 0 Å². The largest absolute Gasteiger partial charge is 0.508 e. The fourth-order valence-corrected chi connectivity index (χ4v) is 1.63. The van der Waals surface area contributed by atoms with Gasteiger partial charge in [-0.05, 0) is 42.0 Å². The first-order valence-corrected chi connectivity index (χ1v) is 5.58. The van der Waals surface area contributed by atoms with Gasteiger partial charge < -0.3 is 20.3 Å². The summed E-state index contributed by atoms with van der Waals surface area (Å²) in [5.74, 6) is 0.827. The second-order valence-corrected chi connectivity index (χ2v) is 3.91. The van der Waals surface area contributed by atoms with E-state index < -0.39 is 0 Å². The van der Waals surface area contributed by atoms with E-state index in [4.69, 9.17) is 9.84 Å². The van der Waals surface area contributed by atoms with Crippen LogP contribution in [0.25, 0.3) is 0 Å². The maximum absolute atomic E-state index is 9.64. The Balaban J connectivity index is 2.02. The first kappa shape index (κ1) is 12.1. The number of phenols is 2. The molecule has 0 aliphatic rings. The lowest BCUT2D eigenvalue weighted by molar-refractivity contribution is 0.373. The van der Waals surface area contributed by atoms with Crippen LogP contribution in [0.15, 0.2) is 42.5 Å². The minimum absolute atomic E-state index is 0.127. The summed E-state index contributed by atoms with van der Waals surface area (Å²) >= 11 is 0. The Labute approximate surface area is 105 Å². The monoisotopic (exact) mass is 245 g/mol. The molecule has 0 fully saturated rings. The normalized spacial score (nSPS) is 10.1. The van der Waals surface area contributed by atoms with Gasteiger partial charge in [-0.15, -0.1) is 0 Å². The molecule has 0 heterocycles. The van der Waals surface area contributed by atoms with Gasteiger partial charge in [0.2, 0.25) is 0 Å². The molecule has 2 aromatic rings. The van der Waals surface area contributed by atoms with Crippen LogP contribution in [-0.2, 0) is 6.54 Å². The lowest BCUT2D eigenvalue weighted by Crippen LogP contribution is -1.99. The van der Waals surface area contributed by atoms with Crippen molar-refractivity contribution in [3.05, 3.63) is 48.0 Å². The van der Waals surface area contributed by atoms with Crippen molar-refractivity contribution < 1.29 is 14.9 Å². The quantitative estimate of drug-likeness (QED) is 0.725. The topological polar surface area (TPSA) is 61.7 Å². The highest BCUT2D eigenvalue weighted by molar-refractivity contribution is 5.48. The smallest absolute Gasteiger partial charge is 0.160 e. The van der Waals surface area contributed by atoms with Crippen molar-refractivity contribution in [2.75, 3.05) is 12.4 Å². The van der Waals surface area contributed by atoms with Crippen molar-refractivity contribution in [1.82, 2.24) is 0 Å². The van der Waals surface area contributed by atoms with Crippen LogP contribution in [0, 0.1) is 0 Å². The summed E-state index contributed by atoms with van der Waals surface area (Å²) in [6, 6.07) is 12.1. The Morgan fingerprint density at radius 1 is 1.06 bits per heavy atom. The Bertz CT molecular complexity index is 523. The number of hydrogen-bond donors (Lipinski definition) is 3. The summed E-state index contributed by atoms with van der Waals surface area (Å²) in [6.07, 6.45) is 0. The predicted molar refractivity (Wildman–Crippen MR) is 70.1 cm³/mol. The van der Waals surface area contributed by atoms with E-state index in [-0.39, 0.29) is 11.5 Å². The maximum Gasteiger partial charge on any atom is 0.160 e. The fraction of sp³-hybridized carbons (Fsp3) is 0.143. The first-order valence-electron chi connectivity index (χ1n) is 5.58. The van der Waals surface area contributed by atoms with Gasteiger partial charge in [0.1, 0.15) is 5.75 Å². The summed E-state index contributed by atoms with van der Waals surface area (Å²) in [6.45, 7) is 0.586. The van der Waals surface area contributed by atoms with E-state index in [9.17, 15) is 5.11 Å². The minimum atomic E-state index is 0.127. The second-order valence-electron chi connectivity index (χ2n) is 3.91. The summed E-state index contributed by atoms with van der Waals surface area (Å²) in [5, 5.41) is 22.0. The molecule has 0 spiro atoms. The lowest BCUT2D eigenvalue weighted by atomic mass is 10.2. The van der Waals surface area contributed by atoms with Gasteiger partial charge in [0.25, 0.3) is 0 Å². The molecule has 0 aromatic heterocycles. The van der Waals surface area contributed by atoms with Gasteiger partial charge in [-0.2, -0.15) is 0 Å². The van der Waals surface area contributed by atoms with Gasteiger partial charge in [-0.25, -0.2) is 0 Å². The molecule has 0 amide bonds. The molecule has 18 heavy (non-hydrogen) atoms. The average molecular weight is 245 g/mol. The van der Waals surface area contributed by atoms with Gasteiger partial charge in [0.05, 0.1) is 7.11 Å². The predicted octanol–water partition coefficient (Wildman–Crippen LogP) is 2.72. The van der Waals surface area contributed by atoms with E-state index in [1.165, 1.54) is 7.11 Å². The van der Waals surface area contributed by atoms with E-state index in [1.54, 1.807) is 36.4 Å². The summed E-state index contributed by atoms with van der Waals surface area (Å²) in [5.41, 5.74) is 1.85. The molecular formula is C14H15NO3. The number of benzene rings is 2. The number of phenolic OH excluding ortho intramolecular Hbond substituents is 2. The SMILES string of the molecule is COc1ccc(CNc2ccc(O)cc2)cc1O. The zero-order valence-corrected chi connectivity index (χ0v) is 10.1. The number of methoxy groups -OCH3 is 1. The number of ether oxygens (including phenoxy) is 1. The van der Waals surface area contributed by atoms with Crippen LogP contribution in [-0.4, -0.2) is 17.3 Å². The zero-order valence-electron chi connectivity index (χ0n) is 10.1. The molecule has 3 N–H and O–H groups in total. The zero-order chi connectivity index (χ0) is 13.0. The second kappa shape index (κ2) is 5.31. The summed E-state index contributed by atoms with van der Waals surface area (Å²) < 4.78 is 4.98. The van der Waals surface area contributed by atoms with Gasteiger partial charge in [0, 0.05) is 12.2 Å². The van der Waals surface area contributed by atoms with Gasteiger partial charge in [-0.1, -0.05) is 6.07 Å². The van der Waals surface area contributed by atoms with Crippen molar-refractivity contribution >= 4 is 5.69 Å². The molecule has 2 rings (SSSR count). The van der Waals surface area contributed by atoms with Crippen LogP contribution in [0.1, 0.15) is 5.56 Å². The molecule has 94 valence electrons. The van der Waals surface area contributed by atoms with Gasteiger partial charge >= 0.3 is 0 Å². The van der Waals surface area contributed by atoms with Gasteiger partial charge in [0.15, 0.2) is 11.5 Å². The van der Waals surface area contributed by atoms with Crippen molar-refractivity contribution in [3.63, 3.8) is 0 Å². The third-order valence-corrected chi connectivity index (χ3v) is 2.61. The summed E-state index contributed by atoms with van der Waals surface area (Å²) in [7, 11) is 1.52. The Morgan fingerprint density at radius 2 is 1.78 bits per heavy atom. The molecule has 0 saturated heterocycles. The Kier molecular flexibility index (Phi) is 3.57. The average Bonchev–Trinajstić information content (AvgIpc) is 2.38. The van der Waals surface area contributed by atoms with Crippen molar-refractivity contribution in [2.24, 2.45) is 0 Å². The van der Waals surface area contributed by atoms with Crippen molar-refractivity contribution in [3.8, 4) is 17.2 Å². The first-order chi connectivity index (χ1) is 8.69. The third-order valence-electron chi connectivity index (χ3n) is 2.61. The highest BCUT2D eigenvalue weighted by atomic mass is 16.5. The highest BCUT2D eigenvalue weighted by Gasteiger charge is 2.02. The fourth-order valence-electron chi connectivity index (χ4n) is 1.63. The number of nitrogens with one attached hydrogen (secondary N) is 1. The molecule has 4 heteroatoms. The summed E-state index contributed by atoms with van der Waals surface area (Å²) in [4.78, 5) is 0. The van der Waals surface area contributed by atoms with Crippen molar-refractivity contribution in [2.45, 2.75) is 6.54 Å². The van der Waals surface area contributed by atoms with Crippen LogP contribution >= 0.6 is 0 Å². The van der Waals surface area contributed by atoms with Crippen molar-refractivity contribution in [1.29, 1.82) is 0 Å². The standard InChI is InChI=1S/C14H15NO3/c1-18-14-7-2-10(8-13(14)17)9-15-11-3-5-12(16)6-4-11/h2-8,15-17H,9H2,1H3. The number of aromatic hydroxyl groups is 2. The molecule has 2 aromatic carbocycles. The van der Waals surface area contributed by atoms with Gasteiger partial charge in [-0.3, -0.25) is 0 Å². The van der Waals surface area contributed by atoms with E-state index >= 15 is 0 Å². The molecular weight excluding hydrogens is 230 g/mol. The number of anilines is 1. The van der Waals surface area contributed by atoms with E-state index in [1.807, 2.05) is 6.07 Å². The number of rotatable bonds is 4. The van der Waals surface area contributed by atoms with E-state index in [0.29, 0.717) is 12.3 Å². The lowest BCUT2D eigenvalue weighted by Gasteiger charge is -2.08. The Hall–Kier alpha value is -2.36. The molecule has 0 saturated carbocycles. The van der Waals surface area contributed by atoms with Crippen LogP contribution in [0.4, 0.5) is 5.69 Å². The molecule has 0 bridgehead atoms. The minimum Gasteiger partial charge on any atom is -0.508 e.